The third-order valence-electron chi connectivity index (χ3n) is 5.05. The van der Waals surface area contributed by atoms with Gasteiger partial charge in [-0.2, -0.15) is 0 Å². The van der Waals surface area contributed by atoms with Gasteiger partial charge >= 0.3 is 0 Å². The van der Waals surface area contributed by atoms with Gasteiger partial charge < -0.3 is 10.3 Å². The zero-order valence-electron chi connectivity index (χ0n) is 13.0. The number of rotatable bonds is 4. The quantitative estimate of drug-likeness (QED) is 0.725. The van der Waals surface area contributed by atoms with Crippen LogP contribution >= 0.6 is 0 Å². The van der Waals surface area contributed by atoms with Crippen LogP contribution in [0, 0.1) is 0 Å². The number of aromatic nitrogens is 1. The molecule has 1 fully saturated rings. The Kier molecular flexibility index (Phi) is 3.50. The van der Waals surface area contributed by atoms with Crippen molar-refractivity contribution < 1.29 is 4.79 Å². The molecule has 2 aromatic carbocycles. The molecule has 3 aromatic rings. The molecule has 0 radical (unpaired) electrons. The van der Waals surface area contributed by atoms with Crippen molar-refractivity contribution >= 4 is 17.2 Å². The van der Waals surface area contributed by atoms with Gasteiger partial charge in [0.25, 0.3) is 0 Å². The van der Waals surface area contributed by atoms with Crippen LogP contribution in [0.3, 0.4) is 0 Å². The van der Waals surface area contributed by atoms with Gasteiger partial charge in [-0.15, -0.1) is 0 Å². The topological polar surface area (TPSA) is 44.9 Å². The molecule has 23 heavy (non-hydrogen) atoms. The number of hydrogen-bond acceptors (Lipinski definition) is 2. The second-order valence-electron chi connectivity index (χ2n) is 6.49. The highest BCUT2D eigenvalue weighted by molar-refractivity contribution is 5.89. The lowest BCUT2D eigenvalue weighted by Crippen LogP contribution is -2.32. The van der Waals surface area contributed by atoms with E-state index in [1.165, 1.54) is 5.56 Å². The minimum absolute atomic E-state index is 0.0170. The molecule has 0 saturated carbocycles. The number of benzene rings is 2. The highest BCUT2D eigenvalue weighted by Crippen LogP contribution is 2.37. The van der Waals surface area contributed by atoms with Crippen molar-refractivity contribution in [1.29, 1.82) is 0 Å². The van der Waals surface area contributed by atoms with Crippen LogP contribution in [0.15, 0.2) is 54.7 Å². The Labute approximate surface area is 135 Å². The lowest BCUT2D eigenvalue weighted by atomic mass is 9.73. The molecule has 0 spiro atoms. The molecule has 0 bridgehead atoms. The number of carbonyl (C=O) groups excluding carboxylic acids is 1. The average molecular weight is 304 g/mol. The van der Waals surface area contributed by atoms with Crippen LogP contribution in [0.25, 0.3) is 10.9 Å². The van der Waals surface area contributed by atoms with E-state index >= 15 is 0 Å². The van der Waals surface area contributed by atoms with Gasteiger partial charge in [0, 0.05) is 34.6 Å². The molecule has 1 aliphatic heterocycles. The van der Waals surface area contributed by atoms with Crippen molar-refractivity contribution in [1.82, 2.24) is 10.3 Å². The van der Waals surface area contributed by atoms with Crippen molar-refractivity contribution in [2.24, 2.45) is 0 Å². The summed E-state index contributed by atoms with van der Waals surface area (Å²) in [6.07, 6.45) is 4.94. The molecule has 1 unspecified atom stereocenters. The molecule has 116 valence electrons. The van der Waals surface area contributed by atoms with Gasteiger partial charge in [0.05, 0.1) is 0 Å². The van der Waals surface area contributed by atoms with E-state index < -0.39 is 0 Å². The number of H-pyrrole nitrogens is 1. The largest absolute Gasteiger partial charge is 0.361 e. The first-order valence-corrected chi connectivity index (χ1v) is 8.12. The van der Waals surface area contributed by atoms with Gasteiger partial charge in [0.15, 0.2) is 0 Å². The summed E-state index contributed by atoms with van der Waals surface area (Å²) in [5, 5.41) is 4.59. The van der Waals surface area contributed by atoms with E-state index in [0.29, 0.717) is 0 Å². The van der Waals surface area contributed by atoms with Gasteiger partial charge in [0.1, 0.15) is 6.29 Å². The first-order valence-electron chi connectivity index (χ1n) is 8.12. The van der Waals surface area contributed by atoms with Crippen LogP contribution in [0.4, 0.5) is 0 Å². The van der Waals surface area contributed by atoms with E-state index in [4.69, 9.17) is 0 Å². The molecule has 0 amide bonds. The minimum atomic E-state index is -0.0170. The number of aromatic amines is 1. The van der Waals surface area contributed by atoms with Crippen molar-refractivity contribution in [3.63, 3.8) is 0 Å². The Balaban J connectivity index is 1.85. The fraction of sp³-hybridized carbons (Fsp3) is 0.250. The molecule has 1 saturated heterocycles. The van der Waals surface area contributed by atoms with Crippen molar-refractivity contribution in [2.75, 3.05) is 13.1 Å². The summed E-state index contributed by atoms with van der Waals surface area (Å²) in [4.78, 5) is 15.0. The van der Waals surface area contributed by atoms with Gasteiger partial charge in [-0.3, -0.25) is 4.79 Å². The lowest BCUT2D eigenvalue weighted by Gasteiger charge is -2.30. The molecule has 0 aliphatic carbocycles. The predicted molar refractivity (Wildman–Crippen MR) is 93.0 cm³/mol. The fourth-order valence-electron chi connectivity index (χ4n) is 3.88. The summed E-state index contributed by atoms with van der Waals surface area (Å²) < 4.78 is 0. The summed E-state index contributed by atoms with van der Waals surface area (Å²) in [5.74, 6) is 0. The molecular formula is C20H20N2O. The summed E-state index contributed by atoms with van der Waals surface area (Å²) >= 11 is 0. The zero-order chi connectivity index (χ0) is 15.7. The van der Waals surface area contributed by atoms with Gasteiger partial charge in [-0.05, 0) is 48.7 Å². The average Bonchev–Trinajstić information content (AvgIpc) is 3.23. The van der Waals surface area contributed by atoms with E-state index in [2.05, 4.69) is 40.6 Å². The first kappa shape index (κ1) is 14.2. The maximum Gasteiger partial charge on any atom is 0.150 e. The number of aldehydes is 1. The molecule has 2 heterocycles. The van der Waals surface area contributed by atoms with Crippen LogP contribution in [0.5, 0.6) is 0 Å². The van der Waals surface area contributed by atoms with Crippen molar-refractivity contribution in [3.05, 3.63) is 71.4 Å². The van der Waals surface area contributed by atoms with Crippen LogP contribution < -0.4 is 5.32 Å². The van der Waals surface area contributed by atoms with Gasteiger partial charge in [0.2, 0.25) is 0 Å². The van der Waals surface area contributed by atoms with E-state index in [9.17, 15) is 4.79 Å². The number of nitrogens with one attached hydrogen (secondary N) is 2. The molecule has 3 heteroatoms. The summed E-state index contributed by atoms with van der Waals surface area (Å²) in [6.45, 7) is 1.91. The number of carbonyl (C=O) groups is 1. The van der Waals surface area contributed by atoms with E-state index in [1.54, 1.807) is 0 Å². The second-order valence-corrected chi connectivity index (χ2v) is 6.49. The molecule has 1 aliphatic rings. The Bertz CT molecular complexity index is 829. The molecule has 1 atom stereocenters. The van der Waals surface area contributed by atoms with Crippen molar-refractivity contribution in [2.45, 2.75) is 18.3 Å². The fourth-order valence-corrected chi connectivity index (χ4v) is 3.88. The third-order valence-corrected chi connectivity index (χ3v) is 5.05. The highest BCUT2D eigenvalue weighted by Gasteiger charge is 2.37. The molecule has 2 N–H and O–H groups in total. The number of hydrogen-bond donors (Lipinski definition) is 2. The van der Waals surface area contributed by atoms with E-state index in [-0.39, 0.29) is 5.41 Å². The second kappa shape index (κ2) is 5.67. The highest BCUT2D eigenvalue weighted by atomic mass is 16.1. The smallest absolute Gasteiger partial charge is 0.150 e. The van der Waals surface area contributed by atoms with Crippen LogP contribution in [0.2, 0.25) is 0 Å². The summed E-state index contributed by atoms with van der Waals surface area (Å²) in [6, 6.07) is 16.8. The summed E-state index contributed by atoms with van der Waals surface area (Å²) in [5.41, 5.74) is 4.38. The maximum atomic E-state index is 11.7. The summed E-state index contributed by atoms with van der Waals surface area (Å²) in [7, 11) is 0. The Morgan fingerprint density at radius 3 is 2.74 bits per heavy atom. The Morgan fingerprint density at radius 1 is 1.13 bits per heavy atom. The third kappa shape index (κ3) is 2.47. The van der Waals surface area contributed by atoms with Gasteiger partial charge in [-0.25, -0.2) is 0 Å². The van der Waals surface area contributed by atoms with Crippen LogP contribution in [-0.2, 0) is 11.8 Å². The zero-order valence-corrected chi connectivity index (χ0v) is 13.0. The normalized spacial score (nSPS) is 20.9. The lowest BCUT2D eigenvalue weighted by molar-refractivity contribution is 0.112. The SMILES string of the molecule is O=Cc1cc2cc[nH]c2cc1C1(Cc2ccccc2)CCNC1. The van der Waals surface area contributed by atoms with Crippen LogP contribution in [0.1, 0.15) is 27.9 Å². The van der Waals surface area contributed by atoms with Gasteiger partial charge in [-0.1, -0.05) is 30.3 Å². The molecular weight excluding hydrogens is 284 g/mol. The Morgan fingerprint density at radius 2 is 2.00 bits per heavy atom. The maximum absolute atomic E-state index is 11.7. The molecule has 1 aromatic heterocycles. The monoisotopic (exact) mass is 304 g/mol. The molecule has 4 rings (SSSR count). The Hall–Kier alpha value is -2.39. The van der Waals surface area contributed by atoms with Crippen molar-refractivity contribution in [3.8, 4) is 0 Å². The standard InChI is InChI=1S/C20H20N2O/c23-13-17-10-16-6-8-22-19(16)11-18(17)20(7-9-21-14-20)12-15-4-2-1-3-5-15/h1-6,8,10-11,13,21-22H,7,9,12,14H2. The first-order chi connectivity index (χ1) is 11.3. The minimum Gasteiger partial charge on any atom is -0.361 e. The van der Waals surface area contributed by atoms with E-state index in [0.717, 1.165) is 54.2 Å². The number of fused-ring (bicyclic) bond motifs is 1. The predicted octanol–water partition coefficient (Wildman–Crippen LogP) is 3.45. The van der Waals surface area contributed by atoms with Crippen LogP contribution in [-0.4, -0.2) is 24.4 Å². The van der Waals surface area contributed by atoms with E-state index in [1.807, 2.05) is 24.4 Å². The molecule has 3 nitrogen and oxygen atoms in total.